The third-order valence-corrected chi connectivity index (χ3v) is 3.64. The number of urea groups is 1. The molecule has 0 aliphatic rings. The molecule has 0 aliphatic heterocycles. The maximum absolute atomic E-state index is 11.9. The Labute approximate surface area is 144 Å². The first kappa shape index (κ1) is 17.2. The van der Waals surface area contributed by atoms with Crippen molar-refractivity contribution >= 4 is 34.9 Å². The van der Waals surface area contributed by atoms with Gasteiger partial charge in [0.2, 0.25) is 0 Å². The first-order valence-electron chi connectivity index (χ1n) is 6.74. The fourth-order valence-corrected chi connectivity index (χ4v) is 2.27. The standard InChI is InChI=1S/C16H16Cl2N2O3/c1-22-14-6-3-10(7-15(14)23-2)9-19-16(21)20-13-8-11(17)4-5-12(13)18/h3-8H,9H2,1-2H3,(H2,19,20,21). The van der Waals surface area contributed by atoms with Gasteiger partial charge in [0.25, 0.3) is 0 Å². The molecular formula is C16H16Cl2N2O3. The lowest BCUT2D eigenvalue weighted by molar-refractivity contribution is 0.251. The Morgan fingerprint density at radius 1 is 1.04 bits per heavy atom. The highest BCUT2D eigenvalue weighted by Crippen LogP contribution is 2.27. The highest BCUT2D eigenvalue weighted by molar-refractivity contribution is 6.35. The summed E-state index contributed by atoms with van der Waals surface area (Å²) in [6.45, 7) is 0.324. The van der Waals surface area contributed by atoms with Crippen LogP contribution in [0.25, 0.3) is 0 Å². The molecule has 0 saturated carbocycles. The summed E-state index contributed by atoms with van der Waals surface area (Å²) in [5.74, 6) is 1.23. The van der Waals surface area contributed by atoms with Gasteiger partial charge >= 0.3 is 6.03 Å². The zero-order chi connectivity index (χ0) is 16.8. The van der Waals surface area contributed by atoms with Crippen LogP contribution in [0.15, 0.2) is 36.4 Å². The lowest BCUT2D eigenvalue weighted by Gasteiger charge is -2.11. The van der Waals surface area contributed by atoms with Crippen LogP contribution in [0.2, 0.25) is 10.0 Å². The first-order valence-corrected chi connectivity index (χ1v) is 7.50. The van der Waals surface area contributed by atoms with Gasteiger partial charge in [-0.3, -0.25) is 0 Å². The smallest absolute Gasteiger partial charge is 0.319 e. The second-order valence-corrected chi connectivity index (χ2v) is 5.46. The van der Waals surface area contributed by atoms with Crippen molar-refractivity contribution in [3.63, 3.8) is 0 Å². The van der Waals surface area contributed by atoms with Crippen LogP contribution in [0.3, 0.4) is 0 Å². The van der Waals surface area contributed by atoms with Crippen LogP contribution in [0.1, 0.15) is 5.56 Å². The number of carbonyl (C=O) groups is 1. The van der Waals surface area contributed by atoms with Gasteiger partial charge in [0, 0.05) is 11.6 Å². The quantitative estimate of drug-likeness (QED) is 0.839. The summed E-state index contributed by atoms with van der Waals surface area (Å²) in [6.07, 6.45) is 0. The number of methoxy groups -OCH3 is 2. The van der Waals surface area contributed by atoms with Gasteiger partial charge in [-0.15, -0.1) is 0 Å². The van der Waals surface area contributed by atoms with Crippen LogP contribution in [0.4, 0.5) is 10.5 Å². The van der Waals surface area contributed by atoms with Gasteiger partial charge in [-0.05, 0) is 35.9 Å². The van der Waals surface area contributed by atoms with E-state index in [1.807, 2.05) is 6.07 Å². The minimum Gasteiger partial charge on any atom is -0.493 e. The van der Waals surface area contributed by atoms with Gasteiger partial charge in [-0.2, -0.15) is 0 Å². The zero-order valence-corrected chi connectivity index (χ0v) is 14.2. The maximum atomic E-state index is 11.9. The maximum Gasteiger partial charge on any atom is 0.319 e. The average molecular weight is 355 g/mol. The number of ether oxygens (including phenoxy) is 2. The summed E-state index contributed by atoms with van der Waals surface area (Å²) in [5, 5.41) is 6.29. The highest BCUT2D eigenvalue weighted by atomic mass is 35.5. The number of hydrogen-bond donors (Lipinski definition) is 2. The molecule has 2 aromatic carbocycles. The number of anilines is 1. The fourth-order valence-electron chi connectivity index (χ4n) is 1.93. The van der Waals surface area contributed by atoms with Crippen molar-refractivity contribution in [3.05, 3.63) is 52.0 Å². The van der Waals surface area contributed by atoms with E-state index in [0.29, 0.717) is 33.8 Å². The molecule has 0 bridgehead atoms. The molecule has 0 unspecified atom stereocenters. The predicted molar refractivity (Wildman–Crippen MR) is 91.9 cm³/mol. The van der Waals surface area contributed by atoms with Crippen molar-refractivity contribution in [2.75, 3.05) is 19.5 Å². The Hall–Kier alpha value is -2.11. The van der Waals surface area contributed by atoms with Crippen LogP contribution in [-0.2, 0) is 6.54 Å². The molecule has 23 heavy (non-hydrogen) atoms. The third kappa shape index (κ3) is 4.68. The molecule has 122 valence electrons. The molecule has 7 heteroatoms. The third-order valence-electron chi connectivity index (χ3n) is 3.08. The van der Waals surface area contributed by atoms with Crippen molar-refractivity contribution in [1.29, 1.82) is 0 Å². The molecule has 5 nitrogen and oxygen atoms in total. The number of nitrogens with one attached hydrogen (secondary N) is 2. The largest absolute Gasteiger partial charge is 0.493 e. The number of rotatable bonds is 5. The van der Waals surface area contributed by atoms with E-state index in [1.54, 1.807) is 44.6 Å². The van der Waals surface area contributed by atoms with Crippen molar-refractivity contribution in [2.24, 2.45) is 0 Å². The Morgan fingerprint density at radius 2 is 1.78 bits per heavy atom. The molecule has 0 radical (unpaired) electrons. The van der Waals surface area contributed by atoms with E-state index < -0.39 is 0 Å². The number of amides is 2. The summed E-state index contributed by atoms with van der Waals surface area (Å²) in [4.78, 5) is 11.9. The van der Waals surface area contributed by atoms with Crippen LogP contribution >= 0.6 is 23.2 Å². The molecule has 0 aromatic heterocycles. The van der Waals surface area contributed by atoms with E-state index in [1.165, 1.54) is 0 Å². The Kier molecular flexibility index (Phi) is 5.96. The van der Waals surface area contributed by atoms with E-state index in [9.17, 15) is 4.79 Å². The molecule has 0 heterocycles. The summed E-state index contributed by atoms with van der Waals surface area (Å²) >= 11 is 11.9. The second-order valence-electron chi connectivity index (χ2n) is 4.62. The fraction of sp³-hybridized carbons (Fsp3) is 0.188. The van der Waals surface area contributed by atoms with Crippen molar-refractivity contribution in [3.8, 4) is 11.5 Å². The van der Waals surface area contributed by atoms with E-state index >= 15 is 0 Å². The molecule has 2 aromatic rings. The van der Waals surface area contributed by atoms with Gasteiger partial charge < -0.3 is 20.1 Å². The highest BCUT2D eigenvalue weighted by Gasteiger charge is 2.08. The molecule has 0 saturated heterocycles. The molecule has 0 spiro atoms. The Bertz CT molecular complexity index is 708. The Balaban J connectivity index is 1.98. The minimum absolute atomic E-state index is 0.324. The van der Waals surface area contributed by atoms with Gasteiger partial charge in [0.1, 0.15) is 0 Å². The van der Waals surface area contributed by atoms with E-state index in [-0.39, 0.29) is 6.03 Å². The van der Waals surface area contributed by atoms with Gasteiger partial charge in [-0.1, -0.05) is 29.3 Å². The van der Waals surface area contributed by atoms with Crippen LogP contribution in [0, 0.1) is 0 Å². The minimum atomic E-state index is -0.385. The predicted octanol–water partition coefficient (Wildman–Crippen LogP) is 4.33. The lowest BCUT2D eigenvalue weighted by atomic mass is 10.2. The monoisotopic (exact) mass is 354 g/mol. The van der Waals surface area contributed by atoms with Gasteiger partial charge in [-0.25, -0.2) is 4.79 Å². The van der Waals surface area contributed by atoms with Crippen molar-refractivity contribution < 1.29 is 14.3 Å². The summed E-state index contributed by atoms with van der Waals surface area (Å²) < 4.78 is 10.4. The lowest BCUT2D eigenvalue weighted by Crippen LogP contribution is -2.28. The summed E-state index contributed by atoms with van der Waals surface area (Å²) in [5.41, 5.74) is 1.32. The molecule has 2 rings (SSSR count). The summed E-state index contributed by atoms with van der Waals surface area (Å²) in [7, 11) is 3.13. The molecule has 2 amide bonds. The topological polar surface area (TPSA) is 59.6 Å². The van der Waals surface area contributed by atoms with Gasteiger partial charge in [0.15, 0.2) is 11.5 Å². The first-order chi connectivity index (χ1) is 11.0. The number of halogens is 2. The number of hydrogen-bond acceptors (Lipinski definition) is 3. The SMILES string of the molecule is COc1ccc(CNC(=O)Nc2cc(Cl)ccc2Cl)cc1OC. The molecule has 2 N–H and O–H groups in total. The van der Waals surface area contributed by atoms with E-state index in [0.717, 1.165) is 5.56 Å². The van der Waals surface area contributed by atoms with Crippen LogP contribution in [0.5, 0.6) is 11.5 Å². The van der Waals surface area contributed by atoms with Crippen molar-refractivity contribution in [2.45, 2.75) is 6.54 Å². The average Bonchev–Trinajstić information content (AvgIpc) is 2.56. The number of benzene rings is 2. The second kappa shape index (κ2) is 7.94. The molecule has 0 fully saturated rings. The Morgan fingerprint density at radius 3 is 2.48 bits per heavy atom. The van der Waals surface area contributed by atoms with Crippen molar-refractivity contribution in [1.82, 2.24) is 5.32 Å². The normalized spacial score (nSPS) is 10.1. The number of carbonyl (C=O) groups excluding carboxylic acids is 1. The van der Waals surface area contributed by atoms with E-state index in [2.05, 4.69) is 10.6 Å². The summed E-state index contributed by atoms with van der Waals surface area (Å²) in [6, 6.07) is 9.88. The zero-order valence-electron chi connectivity index (χ0n) is 12.7. The molecule has 0 aliphatic carbocycles. The molecular weight excluding hydrogens is 339 g/mol. The van der Waals surface area contributed by atoms with Crippen LogP contribution in [-0.4, -0.2) is 20.3 Å². The van der Waals surface area contributed by atoms with E-state index in [4.69, 9.17) is 32.7 Å². The van der Waals surface area contributed by atoms with Gasteiger partial charge in [0.05, 0.1) is 24.9 Å². The molecule has 0 atom stereocenters. The van der Waals surface area contributed by atoms with Crippen LogP contribution < -0.4 is 20.1 Å².